The SMILES string of the molecule is O=C(CCl)Nc1nc(-c2ccc3c(c2)CCC3)cs1. The second kappa shape index (κ2) is 5.31. The second-order valence-corrected chi connectivity index (χ2v) is 5.68. The van der Waals surface area contributed by atoms with Gasteiger partial charge in [0.2, 0.25) is 5.91 Å². The Bertz CT molecular complexity index is 624. The minimum absolute atomic E-state index is 0.0479. The highest BCUT2D eigenvalue weighted by Gasteiger charge is 2.13. The maximum absolute atomic E-state index is 11.2. The van der Waals surface area contributed by atoms with Crippen LogP contribution in [0.2, 0.25) is 0 Å². The van der Waals surface area contributed by atoms with E-state index in [2.05, 4.69) is 28.5 Å². The number of fused-ring (bicyclic) bond motifs is 1. The van der Waals surface area contributed by atoms with Crippen molar-refractivity contribution in [3.8, 4) is 11.3 Å². The van der Waals surface area contributed by atoms with Crippen LogP contribution in [0.4, 0.5) is 5.13 Å². The molecule has 0 spiro atoms. The molecule has 2 aromatic rings. The van der Waals surface area contributed by atoms with Gasteiger partial charge in [-0.1, -0.05) is 12.1 Å². The first kappa shape index (κ1) is 12.6. The second-order valence-electron chi connectivity index (χ2n) is 4.56. The highest BCUT2D eigenvalue weighted by Crippen LogP contribution is 2.29. The van der Waals surface area contributed by atoms with Crippen molar-refractivity contribution < 1.29 is 4.79 Å². The molecule has 0 fully saturated rings. The molecule has 1 aliphatic rings. The number of halogens is 1. The van der Waals surface area contributed by atoms with E-state index in [9.17, 15) is 4.79 Å². The number of nitrogens with zero attached hydrogens (tertiary/aromatic N) is 1. The third-order valence-electron chi connectivity index (χ3n) is 3.27. The van der Waals surface area contributed by atoms with Gasteiger partial charge in [-0.2, -0.15) is 0 Å². The number of benzene rings is 1. The van der Waals surface area contributed by atoms with Gasteiger partial charge in [0.1, 0.15) is 5.88 Å². The van der Waals surface area contributed by atoms with E-state index >= 15 is 0 Å². The van der Waals surface area contributed by atoms with Crippen molar-refractivity contribution in [2.24, 2.45) is 0 Å². The van der Waals surface area contributed by atoms with Gasteiger partial charge in [-0.05, 0) is 36.5 Å². The molecule has 3 rings (SSSR count). The number of rotatable bonds is 3. The summed E-state index contributed by atoms with van der Waals surface area (Å²) >= 11 is 6.87. The number of carbonyl (C=O) groups is 1. The lowest BCUT2D eigenvalue weighted by Gasteiger charge is -2.02. The Morgan fingerprint density at radius 3 is 3.05 bits per heavy atom. The number of alkyl halides is 1. The Morgan fingerprint density at radius 2 is 2.21 bits per heavy atom. The van der Waals surface area contributed by atoms with Crippen LogP contribution in [0.3, 0.4) is 0 Å². The average molecular weight is 293 g/mol. The quantitative estimate of drug-likeness (QED) is 0.880. The van der Waals surface area contributed by atoms with E-state index in [0.717, 1.165) is 17.7 Å². The molecule has 98 valence electrons. The minimum atomic E-state index is -0.225. The molecule has 19 heavy (non-hydrogen) atoms. The summed E-state index contributed by atoms with van der Waals surface area (Å²) in [6, 6.07) is 6.50. The Labute approximate surface area is 120 Å². The largest absolute Gasteiger partial charge is 0.301 e. The predicted molar refractivity (Wildman–Crippen MR) is 78.9 cm³/mol. The van der Waals surface area contributed by atoms with Crippen molar-refractivity contribution in [3.63, 3.8) is 0 Å². The van der Waals surface area contributed by atoms with Crippen LogP contribution in [0.5, 0.6) is 0 Å². The van der Waals surface area contributed by atoms with Crippen LogP contribution in [-0.4, -0.2) is 16.8 Å². The van der Waals surface area contributed by atoms with Crippen LogP contribution in [-0.2, 0) is 17.6 Å². The van der Waals surface area contributed by atoms with Crippen LogP contribution in [0.15, 0.2) is 23.6 Å². The molecule has 1 aliphatic carbocycles. The van der Waals surface area contributed by atoms with E-state index in [4.69, 9.17) is 11.6 Å². The molecule has 3 nitrogen and oxygen atoms in total. The lowest BCUT2D eigenvalue weighted by molar-refractivity contribution is -0.113. The van der Waals surface area contributed by atoms with Crippen LogP contribution >= 0.6 is 22.9 Å². The Kier molecular flexibility index (Phi) is 3.53. The fraction of sp³-hybridized carbons (Fsp3) is 0.286. The monoisotopic (exact) mass is 292 g/mol. The zero-order valence-corrected chi connectivity index (χ0v) is 11.9. The number of amides is 1. The molecule has 0 bridgehead atoms. The standard InChI is InChI=1S/C14H13ClN2OS/c15-7-13(18)17-14-16-12(8-19-14)11-5-4-9-2-1-3-10(9)6-11/h4-6,8H,1-3,7H2,(H,16,17,18). The molecule has 0 saturated heterocycles. The molecule has 1 aromatic carbocycles. The number of anilines is 1. The number of nitrogens with one attached hydrogen (secondary N) is 1. The average Bonchev–Trinajstić information content (AvgIpc) is 3.05. The molecule has 1 amide bonds. The molecule has 0 saturated carbocycles. The fourth-order valence-electron chi connectivity index (χ4n) is 2.35. The van der Waals surface area contributed by atoms with E-state index in [1.807, 2.05) is 5.38 Å². The summed E-state index contributed by atoms with van der Waals surface area (Å²) in [7, 11) is 0. The van der Waals surface area contributed by atoms with E-state index < -0.39 is 0 Å². The molecule has 1 aromatic heterocycles. The van der Waals surface area contributed by atoms with Crippen molar-refractivity contribution >= 4 is 34.0 Å². The van der Waals surface area contributed by atoms with Crippen LogP contribution in [0, 0.1) is 0 Å². The topological polar surface area (TPSA) is 42.0 Å². The first-order valence-electron chi connectivity index (χ1n) is 6.20. The van der Waals surface area contributed by atoms with Gasteiger partial charge >= 0.3 is 0 Å². The first-order valence-corrected chi connectivity index (χ1v) is 7.61. The molecule has 5 heteroatoms. The smallest absolute Gasteiger partial charge is 0.241 e. The van der Waals surface area contributed by atoms with Crippen LogP contribution in [0.25, 0.3) is 11.3 Å². The summed E-state index contributed by atoms with van der Waals surface area (Å²) in [5, 5.41) is 5.23. The summed E-state index contributed by atoms with van der Waals surface area (Å²) in [6.07, 6.45) is 3.58. The van der Waals surface area contributed by atoms with Gasteiger partial charge in [-0.25, -0.2) is 4.98 Å². The number of thiazole rings is 1. The molecule has 0 aliphatic heterocycles. The summed E-state index contributed by atoms with van der Waals surface area (Å²) < 4.78 is 0. The number of hydrogen-bond donors (Lipinski definition) is 1. The van der Waals surface area contributed by atoms with Gasteiger partial charge < -0.3 is 5.32 Å². The number of hydrogen-bond acceptors (Lipinski definition) is 3. The van der Waals surface area contributed by atoms with Crippen molar-refractivity contribution in [2.75, 3.05) is 11.2 Å². The number of aryl methyl sites for hydroxylation is 2. The number of aromatic nitrogens is 1. The Hall–Kier alpha value is -1.39. The molecular weight excluding hydrogens is 280 g/mol. The lowest BCUT2D eigenvalue weighted by atomic mass is 10.1. The highest BCUT2D eigenvalue weighted by molar-refractivity contribution is 7.14. The van der Waals surface area contributed by atoms with Crippen molar-refractivity contribution in [1.29, 1.82) is 0 Å². The van der Waals surface area contributed by atoms with Gasteiger partial charge in [0, 0.05) is 10.9 Å². The zero-order valence-electron chi connectivity index (χ0n) is 10.3. The van der Waals surface area contributed by atoms with E-state index in [-0.39, 0.29) is 11.8 Å². The Balaban J connectivity index is 1.84. The normalized spacial score (nSPS) is 13.3. The van der Waals surface area contributed by atoms with Crippen LogP contribution in [0.1, 0.15) is 17.5 Å². The summed E-state index contributed by atoms with van der Waals surface area (Å²) in [5.74, 6) is -0.273. The molecule has 0 radical (unpaired) electrons. The van der Waals surface area contributed by atoms with Crippen molar-refractivity contribution in [2.45, 2.75) is 19.3 Å². The van der Waals surface area contributed by atoms with Crippen LogP contribution < -0.4 is 5.32 Å². The number of carbonyl (C=O) groups excluding carboxylic acids is 1. The third-order valence-corrected chi connectivity index (χ3v) is 4.27. The van der Waals surface area contributed by atoms with E-state index in [0.29, 0.717) is 5.13 Å². The summed E-state index contributed by atoms with van der Waals surface area (Å²) in [5.41, 5.74) is 4.90. The first-order chi connectivity index (χ1) is 9.26. The minimum Gasteiger partial charge on any atom is -0.301 e. The zero-order chi connectivity index (χ0) is 13.2. The lowest BCUT2D eigenvalue weighted by Crippen LogP contribution is -2.12. The predicted octanol–water partition coefficient (Wildman–Crippen LogP) is 3.48. The molecule has 0 unspecified atom stereocenters. The summed E-state index contributed by atoms with van der Waals surface area (Å²) in [4.78, 5) is 15.6. The fourth-order valence-corrected chi connectivity index (χ4v) is 3.15. The molecule has 0 atom stereocenters. The summed E-state index contributed by atoms with van der Waals surface area (Å²) in [6.45, 7) is 0. The van der Waals surface area contributed by atoms with Gasteiger partial charge in [-0.3, -0.25) is 4.79 Å². The maximum Gasteiger partial charge on any atom is 0.241 e. The van der Waals surface area contributed by atoms with E-state index in [1.54, 1.807) is 0 Å². The molecular formula is C14H13ClN2OS. The molecule has 1 heterocycles. The van der Waals surface area contributed by atoms with Gasteiger partial charge in [0.05, 0.1) is 5.69 Å². The van der Waals surface area contributed by atoms with Crippen molar-refractivity contribution in [3.05, 3.63) is 34.7 Å². The van der Waals surface area contributed by atoms with Gasteiger partial charge in [0.15, 0.2) is 5.13 Å². The highest BCUT2D eigenvalue weighted by atomic mass is 35.5. The maximum atomic E-state index is 11.2. The van der Waals surface area contributed by atoms with Gasteiger partial charge in [0.25, 0.3) is 0 Å². The van der Waals surface area contributed by atoms with Crippen molar-refractivity contribution in [1.82, 2.24) is 4.98 Å². The third kappa shape index (κ3) is 2.65. The van der Waals surface area contributed by atoms with E-state index in [1.165, 1.54) is 35.3 Å². The van der Waals surface area contributed by atoms with Gasteiger partial charge in [-0.15, -0.1) is 22.9 Å². The Morgan fingerprint density at radius 1 is 1.37 bits per heavy atom. The molecule has 1 N–H and O–H groups in total.